The zero-order valence-corrected chi connectivity index (χ0v) is 12.0. The van der Waals surface area contributed by atoms with E-state index in [1.54, 1.807) is 0 Å². The Morgan fingerprint density at radius 1 is 1.41 bits per heavy atom. The Kier molecular flexibility index (Phi) is 6.95. The molecule has 0 aliphatic carbocycles. The van der Waals surface area contributed by atoms with Crippen LogP contribution >= 0.6 is 0 Å². The maximum Gasteiger partial charge on any atom is 0.220 e. The minimum atomic E-state index is 0.129. The van der Waals surface area contributed by atoms with E-state index in [9.17, 15) is 4.79 Å². The van der Waals surface area contributed by atoms with E-state index >= 15 is 0 Å². The van der Waals surface area contributed by atoms with Gasteiger partial charge in [0.1, 0.15) is 0 Å². The van der Waals surface area contributed by atoms with Gasteiger partial charge in [-0.15, -0.1) is 12.3 Å². The lowest BCUT2D eigenvalue weighted by Gasteiger charge is -2.23. The molecule has 0 radical (unpaired) electrons. The first-order valence-corrected chi connectivity index (χ1v) is 6.51. The van der Waals surface area contributed by atoms with Gasteiger partial charge in [0.2, 0.25) is 5.91 Å². The van der Waals surface area contributed by atoms with Crippen molar-refractivity contribution >= 4 is 5.91 Å². The van der Waals surface area contributed by atoms with Gasteiger partial charge in [-0.3, -0.25) is 4.79 Å². The van der Waals surface area contributed by atoms with Crippen LogP contribution in [0.1, 0.15) is 60.3 Å². The summed E-state index contributed by atoms with van der Waals surface area (Å²) in [4.78, 5) is 11.8. The van der Waals surface area contributed by atoms with Gasteiger partial charge in [-0.2, -0.15) is 0 Å². The molecule has 2 nitrogen and oxygen atoms in total. The molecule has 0 heterocycles. The summed E-state index contributed by atoms with van der Waals surface area (Å²) in [5.41, 5.74) is 0.280. The first-order chi connectivity index (χ1) is 7.78. The third kappa shape index (κ3) is 8.80. The zero-order valence-electron chi connectivity index (χ0n) is 12.0. The van der Waals surface area contributed by atoms with E-state index in [0.717, 1.165) is 12.8 Å². The van der Waals surface area contributed by atoms with Crippen molar-refractivity contribution < 1.29 is 4.79 Å². The summed E-state index contributed by atoms with van der Waals surface area (Å²) in [6.07, 6.45) is 8.43. The maximum absolute atomic E-state index is 11.8. The Balaban J connectivity index is 4.05. The van der Waals surface area contributed by atoms with E-state index in [4.69, 9.17) is 6.42 Å². The molecule has 0 aromatic rings. The second-order valence-corrected chi connectivity index (χ2v) is 6.16. The van der Waals surface area contributed by atoms with Crippen LogP contribution in [0, 0.1) is 23.7 Å². The Morgan fingerprint density at radius 3 is 2.41 bits per heavy atom. The lowest BCUT2D eigenvalue weighted by molar-refractivity contribution is -0.122. The van der Waals surface area contributed by atoms with Gasteiger partial charge in [0, 0.05) is 18.9 Å². The van der Waals surface area contributed by atoms with Crippen LogP contribution in [0.3, 0.4) is 0 Å². The quantitative estimate of drug-likeness (QED) is 0.705. The van der Waals surface area contributed by atoms with Gasteiger partial charge < -0.3 is 5.32 Å². The minimum absolute atomic E-state index is 0.129. The number of carbonyl (C=O) groups excluding carboxylic acids is 1. The molecule has 1 N–H and O–H groups in total. The van der Waals surface area contributed by atoms with Crippen LogP contribution in [-0.2, 0) is 4.79 Å². The lowest BCUT2D eigenvalue weighted by Crippen LogP contribution is -2.35. The van der Waals surface area contributed by atoms with Crippen molar-refractivity contribution in [3.63, 3.8) is 0 Å². The summed E-state index contributed by atoms with van der Waals surface area (Å²) < 4.78 is 0. The number of hydrogen-bond donors (Lipinski definition) is 1. The minimum Gasteiger partial charge on any atom is -0.352 e. The fourth-order valence-corrected chi connectivity index (χ4v) is 2.16. The molecule has 0 spiro atoms. The van der Waals surface area contributed by atoms with Gasteiger partial charge in [-0.05, 0) is 24.2 Å². The van der Waals surface area contributed by atoms with Gasteiger partial charge in [0.15, 0.2) is 0 Å². The molecule has 0 rings (SSSR count). The molecule has 0 fully saturated rings. The number of amides is 1. The second-order valence-electron chi connectivity index (χ2n) is 6.16. The van der Waals surface area contributed by atoms with Crippen LogP contribution in [0.5, 0.6) is 0 Å². The summed E-state index contributed by atoms with van der Waals surface area (Å²) in [5, 5.41) is 3.00. The van der Waals surface area contributed by atoms with Crippen LogP contribution in [0.25, 0.3) is 0 Å². The Labute approximate surface area is 107 Å². The number of terminal acetylenes is 1. The molecule has 0 bridgehead atoms. The molecule has 0 aliphatic heterocycles. The van der Waals surface area contributed by atoms with Gasteiger partial charge >= 0.3 is 0 Å². The van der Waals surface area contributed by atoms with Crippen LogP contribution in [0.2, 0.25) is 0 Å². The highest BCUT2D eigenvalue weighted by Gasteiger charge is 2.18. The zero-order chi connectivity index (χ0) is 13.5. The van der Waals surface area contributed by atoms with E-state index in [0.29, 0.717) is 18.8 Å². The molecule has 17 heavy (non-hydrogen) atoms. The highest BCUT2D eigenvalue weighted by Crippen LogP contribution is 2.25. The topological polar surface area (TPSA) is 29.1 Å². The van der Waals surface area contributed by atoms with E-state index in [2.05, 4.69) is 38.9 Å². The molecular formula is C15H27NO. The standard InChI is InChI=1S/C15H27NO/c1-7-9-13(8-2)16-14(17)10-12(3)11-15(4,5)6/h1,12-13H,8-11H2,2-6H3,(H,16,17). The largest absolute Gasteiger partial charge is 0.352 e. The lowest BCUT2D eigenvalue weighted by atomic mass is 9.84. The molecule has 0 aromatic carbocycles. The number of nitrogens with one attached hydrogen (secondary N) is 1. The molecule has 0 saturated carbocycles. The van der Waals surface area contributed by atoms with E-state index in [1.807, 2.05) is 6.92 Å². The fraction of sp³-hybridized carbons (Fsp3) is 0.800. The normalized spacial score (nSPS) is 14.8. The van der Waals surface area contributed by atoms with Crippen molar-refractivity contribution in [1.29, 1.82) is 0 Å². The Morgan fingerprint density at radius 2 is 2.00 bits per heavy atom. The van der Waals surface area contributed by atoms with Gasteiger partial charge in [0.25, 0.3) is 0 Å². The highest BCUT2D eigenvalue weighted by molar-refractivity contribution is 5.76. The Bertz CT molecular complexity index is 270. The summed E-state index contributed by atoms with van der Waals surface area (Å²) in [6.45, 7) is 10.8. The van der Waals surface area contributed by atoms with E-state index < -0.39 is 0 Å². The summed E-state index contributed by atoms with van der Waals surface area (Å²) in [6, 6.07) is 0.134. The van der Waals surface area contributed by atoms with Crippen LogP contribution in [0.4, 0.5) is 0 Å². The van der Waals surface area contributed by atoms with Gasteiger partial charge in [0.05, 0.1) is 0 Å². The smallest absolute Gasteiger partial charge is 0.220 e. The van der Waals surface area contributed by atoms with Crippen molar-refractivity contribution in [1.82, 2.24) is 5.32 Å². The van der Waals surface area contributed by atoms with Crippen molar-refractivity contribution in [2.75, 3.05) is 0 Å². The molecule has 1 amide bonds. The van der Waals surface area contributed by atoms with Gasteiger partial charge in [-0.25, -0.2) is 0 Å². The second kappa shape index (κ2) is 7.37. The molecule has 2 unspecified atom stereocenters. The molecular weight excluding hydrogens is 210 g/mol. The molecule has 2 heteroatoms. The third-order valence-electron chi connectivity index (χ3n) is 2.72. The first-order valence-electron chi connectivity index (χ1n) is 6.51. The van der Waals surface area contributed by atoms with Gasteiger partial charge in [-0.1, -0.05) is 34.6 Å². The van der Waals surface area contributed by atoms with E-state index in [-0.39, 0.29) is 17.4 Å². The highest BCUT2D eigenvalue weighted by atomic mass is 16.1. The van der Waals surface area contributed by atoms with Crippen LogP contribution < -0.4 is 5.32 Å². The molecule has 0 aromatic heterocycles. The maximum atomic E-state index is 11.8. The molecule has 2 atom stereocenters. The van der Waals surface area contributed by atoms with Crippen LogP contribution in [0.15, 0.2) is 0 Å². The fourth-order valence-electron chi connectivity index (χ4n) is 2.16. The average molecular weight is 237 g/mol. The van der Waals surface area contributed by atoms with E-state index in [1.165, 1.54) is 0 Å². The predicted octanol–water partition coefficient (Wildman–Crippen LogP) is 3.37. The first kappa shape index (κ1) is 16.0. The van der Waals surface area contributed by atoms with Crippen molar-refractivity contribution in [2.24, 2.45) is 11.3 Å². The van der Waals surface area contributed by atoms with Crippen LogP contribution in [-0.4, -0.2) is 11.9 Å². The molecule has 0 saturated heterocycles. The van der Waals surface area contributed by atoms with Crippen molar-refractivity contribution in [3.8, 4) is 12.3 Å². The summed E-state index contributed by atoms with van der Waals surface area (Å²) in [5.74, 6) is 3.14. The number of hydrogen-bond acceptors (Lipinski definition) is 1. The van der Waals surface area contributed by atoms with Crippen molar-refractivity contribution in [3.05, 3.63) is 0 Å². The third-order valence-corrected chi connectivity index (χ3v) is 2.72. The monoisotopic (exact) mass is 237 g/mol. The number of carbonyl (C=O) groups is 1. The SMILES string of the molecule is C#CCC(CC)NC(=O)CC(C)CC(C)(C)C. The predicted molar refractivity (Wildman–Crippen MR) is 73.5 cm³/mol. The average Bonchev–Trinajstić information content (AvgIpc) is 2.13. The summed E-state index contributed by atoms with van der Waals surface area (Å²) >= 11 is 0. The molecule has 98 valence electrons. The Hall–Kier alpha value is -0.970. The van der Waals surface area contributed by atoms with Crippen molar-refractivity contribution in [2.45, 2.75) is 66.3 Å². The number of rotatable bonds is 6. The summed E-state index contributed by atoms with van der Waals surface area (Å²) in [7, 11) is 0. The molecule has 0 aliphatic rings.